The van der Waals surface area contributed by atoms with Gasteiger partial charge >= 0.3 is 0 Å². The minimum atomic E-state index is -0.802. The Balaban J connectivity index is 2.15. The summed E-state index contributed by atoms with van der Waals surface area (Å²) in [7, 11) is -0.802. The van der Waals surface area contributed by atoms with Gasteiger partial charge in [0.15, 0.2) is 0 Å². The first kappa shape index (κ1) is 15.7. The highest BCUT2D eigenvalue weighted by molar-refractivity contribution is 7.84. The summed E-state index contributed by atoms with van der Waals surface area (Å²) in [5.41, 5.74) is -0.486. The molecule has 0 saturated carbocycles. The Bertz CT molecular complexity index is 489. The molecule has 1 aliphatic rings. The fourth-order valence-electron chi connectivity index (χ4n) is 2.47. The van der Waals surface area contributed by atoms with Crippen molar-refractivity contribution >= 4 is 28.0 Å². The van der Waals surface area contributed by atoms with Gasteiger partial charge in [0.1, 0.15) is 6.17 Å². The van der Waals surface area contributed by atoms with Crippen LogP contribution in [0.25, 0.3) is 0 Å². The maximum absolute atomic E-state index is 12.6. The molecule has 0 aliphatic carbocycles. The largest absolute Gasteiger partial charge is 0.320 e. The van der Waals surface area contributed by atoms with Crippen LogP contribution < -0.4 is 5.32 Å². The second-order valence-corrected chi connectivity index (χ2v) is 7.91. The molecule has 0 bridgehead atoms. The van der Waals surface area contributed by atoms with E-state index in [2.05, 4.69) is 11.4 Å². The van der Waals surface area contributed by atoms with Crippen LogP contribution in [0.4, 0.5) is 0 Å². The Kier molecular flexibility index (Phi) is 4.99. The van der Waals surface area contributed by atoms with Crippen LogP contribution in [0, 0.1) is 0 Å². The number of nitrogens with zero attached hydrogens (tertiary/aromatic N) is 1. The Hall–Kier alpha value is -0.720. The molecule has 2 rings (SSSR count). The van der Waals surface area contributed by atoms with Gasteiger partial charge in [0, 0.05) is 34.2 Å². The van der Waals surface area contributed by atoms with E-state index in [0.29, 0.717) is 12.3 Å². The summed E-state index contributed by atoms with van der Waals surface area (Å²) in [6.45, 7) is 4.65. The van der Waals surface area contributed by atoms with Crippen LogP contribution in [0.15, 0.2) is 17.5 Å². The number of hydrogen-bond acceptors (Lipinski definition) is 4. The monoisotopic (exact) mass is 314 g/mol. The average molecular weight is 314 g/mol. The van der Waals surface area contributed by atoms with Gasteiger partial charge in [0.05, 0.1) is 5.54 Å². The molecular formula is C14H22N2O2S2. The van der Waals surface area contributed by atoms with Crippen molar-refractivity contribution in [3.05, 3.63) is 22.4 Å². The normalized spacial score (nSPS) is 28.1. The molecule has 0 aromatic carbocycles. The Morgan fingerprint density at radius 2 is 2.30 bits per heavy atom. The molecular weight excluding hydrogens is 292 g/mol. The third kappa shape index (κ3) is 3.13. The highest BCUT2D eigenvalue weighted by Crippen LogP contribution is 2.34. The maximum Gasteiger partial charge on any atom is 0.244 e. The van der Waals surface area contributed by atoms with E-state index < -0.39 is 16.3 Å². The number of nitrogens with one attached hydrogen (secondary N) is 1. The van der Waals surface area contributed by atoms with Crippen LogP contribution in [-0.4, -0.2) is 39.1 Å². The summed E-state index contributed by atoms with van der Waals surface area (Å²) in [4.78, 5) is 15.7. The highest BCUT2D eigenvalue weighted by atomic mass is 32.2. The fourth-order valence-corrected chi connectivity index (χ4v) is 3.79. The van der Waals surface area contributed by atoms with E-state index in [0.717, 1.165) is 17.7 Å². The molecule has 0 radical (unpaired) electrons. The first-order chi connectivity index (χ1) is 9.48. The standard InChI is InChI=1S/C14H22N2O2S2/c1-4-14(2)13(17)16(8-6-10-20(3)18)12(15-14)11-7-5-9-19-11/h5,7,9,12,15H,4,6,8,10H2,1-3H3. The molecule has 1 aliphatic heterocycles. The van der Waals surface area contributed by atoms with E-state index in [4.69, 9.17) is 0 Å². The van der Waals surface area contributed by atoms with Crippen LogP contribution in [0.2, 0.25) is 0 Å². The Morgan fingerprint density at radius 3 is 2.85 bits per heavy atom. The minimum absolute atomic E-state index is 0.0438. The SMILES string of the molecule is CCC1(C)NC(c2cccs2)N(CCCS(C)=O)C1=O. The summed E-state index contributed by atoms with van der Waals surface area (Å²) in [6.07, 6.45) is 3.21. The lowest BCUT2D eigenvalue weighted by atomic mass is 9.99. The molecule has 1 aromatic heterocycles. The summed E-state index contributed by atoms with van der Waals surface area (Å²) >= 11 is 1.66. The Labute approximate surface area is 127 Å². The van der Waals surface area contributed by atoms with Crippen molar-refractivity contribution in [2.24, 2.45) is 0 Å². The van der Waals surface area contributed by atoms with Gasteiger partial charge < -0.3 is 4.90 Å². The predicted octanol–water partition coefficient (Wildman–Crippen LogP) is 2.12. The zero-order chi connectivity index (χ0) is 14.8. The number of carbonyl (C=O) groups excluding carboxylic acids is 1. The molecule has 112 valence electrons. The van der Waals surface area contributed by atoms with E-state index in [-0.39, 0.29) is 12.1 Å². The lowest BCUT2D eigenvalue weighted by Gasteiger charge is -2.23. The molecule has 1 saturated heterocycles. The topological polar surface area (TPSA) is 49.4 Å². The van der Waals surface area contributed by atoms with Crippen LogP contribution in [-0.2, 0) is 15.6 Å². The van der Waals surface area contributed by atoms with E-state index in [9.17, 15) is 9.00 Å². The third-order valence-electron chi connectivity index (χ3n) is 3.85. The van der Waals surface area contributed by atoms with Crippen molar-refractivity contribution < 1.29 is 9.00 Å². The molecule has 1 N–H and O–H groups in total. The second kappa shape index (κ2) is 6.37. The minimum Gasteiger partial charge on any atom is -0.320 e. The Morgan fingerprint density at radius 1 is 1.55 bits per heavy atom. The van der Waals surface area contributed by atoms with Crippen molar-refractivity contribution in [3.63, 3.8) is 0 Å². The third-order valence-corrected chi connectivity index (χ3v) is 5.64. The molecule has 3 atom stereocenters. The van der Waals surface area contributed by atoms with Crippen LogP contribution >= 0.6 is 11.3 Å². The second-order valence-electron chi connectivity index (χ2n) is 5.38. The van der Waals surface area contributed by atoms with Gasteiger partial charge in [0.25, 0.3) is 0 Å². The van der Waals surface area contributed by atoms with E-state index in [1.165, 1.54) is 0 Å². The highest BCUT2D eigenvalue weighted by Gasteiger charge is 2.47. The summed E-state index contributed by atoms with van der Waals surface area (Å²) in [6, 6.07) is 4.06. The molecule has 1 amide bonds. The smallest absolute Gasteiger partial charge is 0.244 e. The molecule has 1 fully saturated rings. The number of amides is 1. The number of hydrogen-bond donors (Lipinski definition) is 1. The average Bonchev–Trinajstić information content (AvgIpc) is 3.00. The van der Waals surface area contributed by atoms with Gasteiger partial charge in [-0.2, -0.15) is 0 Å². The summed E-state index contributed by atoms with van der Waals surface area (Å²) in [5.74, 6) is 0.796. The van der Waals surface area contributed by atoms with Gasteiger partial charge in [-0.05, 0) is 31.2 Å². The van der Waals surface area contributed by atoms with Gasteiger partial charge in [-0.25, -0.2) is 0 Å². The molecule has 0 spiro atoms. The van der Waals surface area contributed by atoms with Crippen LogP contribution in [0.1, 0.15) is 37.7 Å². The van der Waals surface area contributed by atoms with E-state index in [1.54, 1.807) is 17.6 Å². The first-order valence-electron chi connectivity index (χ1n) is 6.90. The zero-order valence-corrected chi connectivity index (χ0v) is 13.9. The van der Waals surface area contributed by atoms with Gasteiger partial charge in [-0.15, -0.1) is 11.3 Å². The van der Waals surface area contributed by atoms with Crippen molar-refractivity contribution in [3.8, 4) is 0 Å². The van der Waals surface area contributed by atoms with Crippen molar-refractivity contribution in [2.75, 3.05) is 18.6 Å². The summed E-state index contributed by atoms with van der Waals surface area (Å²) in [5, 5.41) is 5.50. The van der Waals surface area contributed by atoms with Crippen LogP contribution in [0.5, 0.6) is 0 Å². The quantitative estimate of drug-likeness (QED) is 0.875. The molecule has 4 nitrogen and oxygen atoms in total. The molecule has 2 heterocycles. The summed E-state index contributed by atoms with van der Waals surface area (Å²) < 4.78 is 11.2. The fraction of sp³-hybridized carbons (Fsp3) is 0.643. The van der Waals surface area contributed by atoms with Crippen molar-refractivity contribution in [2.45, 2.75) is 38.4 Å². The van der Waals surface area contributed by atoms with E-state index >= 15 is 0 Å². The first-order valence-corrected chi connectivity index (χ1v) is 9.51. The van der Waals surface area contributed by atoms with Gasteiger partial charge in [-0.1, -0.05) is 13.0 Å². The van der Waals surface area contributed by atoms with Gasteiger partial charge in [0.2, 0.25) is 5.91 Å². The molecule has 3 unspecified atom stereocenters. The molecule has 1 aromatic rings. The van der Waals surface area contributed by atoms with Crippen molar-refractivity contribution in [1.82, 2.24) is 10.2 Å². The van der Waals surface area contributed by atoms with Crippen molar-refractivity contribution in [1.29, 1.82) is 0 Å². The maximum atomic E-state index is 12.6. The van der Waals surface area contributed by atoms with Crippen LogP contribution in [0.3, 0.4) is 0 Å². The number of rotatable bonds is 6. The molecule has 6 heteroatoms. The number of thiophene rings is 1. The lowest BCUT2D eigenvalue weighted by Crippen LogP contribution is -2.43. The van der Waals surface area contributed by atoms with Gasteiger partial charge in [-0.3, -0.25) is 14.3 Å². The predicted molar refractivity (Wildman–Crippen MR) is 84.2 cm³/mol. The number of carbonyl (C=O) groups is 1. The zero-order valence-electron chi connectivity index (χ0n) is 12.2. The van der Waals surface area contributed by atoms with E-state index in [1.807, 2.05) is 30.2 Å². The molecule has 20 heavy (non-hydrogen) atoms. The lowest BCUT2D eigenvalue weighted by molar-refractivity contribution is -0.133.